The van der Waals surface area contributed by atoms with Crippen LogP contribution in [-0.4, -0.2) is 15.6 Å². The van der Waals surface area contributed by atoms with Crippen LogP contribution in [0.4, 0.5) is 8.78 Å². The Labute approximate surface area is 203 Å². The molecule has 1 atom stereocenters. The molecule has 35 heavy (non-hydrogen) atoms. The Balaban J connectivity index is 1.53. The molecule has 0 bridgehead atoms. The number of rotatable bonds is 9. The number of carbonyl (C=O) groups is 1. The van der Waals surface area contributed by atoms with Gasteiger partial charge < -0.3 is 14.4 Å². The Morgan fingerprint density at radius 1 is 1.06 bits per heavy atom. The number of aliphatic carboxylic acids is 1. The zero-order chi connectivity index (χ0) is 24.9. The van der Waals surface area contributed by atoms with Gasteiger partial charge in [-0.15, -0.1) is 0 Å². The van der Waals surface area contributed by atoms with Crippen LogP contribution < -0.4 is 4.74 Å². The van der Waals surface area contributed by atoms with Gasteiger partial charge in [0.15, 0.2) is 0 Å². The number of aryl methyl sites for hydroxylation is 1. The van der Waals surface area contributed by atoms with E-state index in [1.807, 2.05) is 79.2 Å². The average molecular weight is 476 g/mol. The van der Waals surface area contributed by atoms with Crippen LogP contribution in [0.2, 0.25) is 0 Å². The number of allylic oxidation sites excluding steroid dienone is 2. The van der Waals surface area contributed by atoms with Crippen molar-refractivity contribution in [3.63, 3.8) is 0 Å². The largest absolute Gasteiger partial charge is 0.489 e. The number of hydrogen-bond donors (Lipinski definition) is 1. The summed E-state index contributed by atoms with van der Waals surface area (Å²) in [5.74, 6) is -1.49. The Morgan fingerprint density at radius 3 is 2.43 bits per heavy atom. The molecule has 0 aliphatic carbocycles. The molecular formula is C29H27F2NO3. The van der Waals surface area contributed by atoms with Crippen LogP contribution in [0.15, 0.2) is 79.0 Å². The van der Waals surface area contributed by atoms with Crippen LogP contribution in [0.1, 0.15) is 41.5 Å². The fourth-order valence-corrected chi connectivity index (χ4v) is 4.36. The Bertz CT molecular complexity index is 1350. The summed E-state index contributed by atoms with van der Waals surface area (Å²) in [6.45, 7) is 4.27. The zero-order valence-corrected chi connectivity index (χ0v) is 19.7. The quantitative estimate of drug-likeness (QED) is 0.266. The second-order valence-corrected chi connectivity index (χ2v) is 8.52. The number of benzene rings is 3. The number of halogens is 2. The van der Waals surface area contributed by atoms with Crippen LogP contribution in [0, 0.1) is 18.6 Å². The van der Waals surface area contributed by atoms with Gasteiger partial charge in [-0.3, -0.25) is 4.79 Å². The molecule has 4 nitrogen and oxygen atoms in total. The number of carboxylic acid groups (broad SMARTS) is 1. The lowest BCUT2D eigenvalue weighted by molar-refractivity contribution is -0.137. The number of ether oxygens (including phenoxy) is 1. The summed E-state index contributed by atoms with van der Waals surface area (Å²) in [4.78, 5) is 11.2. The predicted molar refractivity (Wildman–Crippen MR) is 133 cm³/mol. The first-order chi connectivity index (χ1) is 16.9. The molecule has 1 aromatic heterocycles. The van der Waals surface area contributed by atoms with Crippen molar-refractivity contribution in [2.24, 2.45) is 0 Å². The first-order valence-electron chi connectivity index (χ1n) is 11.4. The van der Waals surface area contributed by atoms with Crippen LogP contribution >= 0.6 is 0 Å². The monoisotopic (exact) mass is 475 g/mol. The van der Waals surface area contributed by atoms with E-state index in [4.69, 9.17) is 9.84 Å². The van der Waals surface area contributed by atoms with E-state index in [2.05, 4.69) is 0 Å². The van der Waals surface area contributed by atoms with E-state index in [9.17, 15) is 13.6 Å². The first-order valence-corrected chi connectivity index (χ1v) is 11.4. The molecule has 4 aromatic rings. The van der Waals surface area contributed by atoms with Gasteiger partial charge in [0.25, 0.3) is 0 Å². The van der Waals surface area contributed by atoms with Crippen LogP contribution in [0.25, 0.3) is 10.9 Å². The molecule has 0 saturated carbocycles. The standard InChI is InChI=1S/C29H27F2NO3/c1-3-5-22(16-28(33)34)20-10-12-24(13-11-20)35-18-23-9-8-21-14-15-32(29(21)19(23)2)17-25-26(30)6-4-7-27(25)31/h3-15,22H,16-18H2,1-2H3,(H,33,34)/t22-/m1/s1. The van der Waals surface area contributed by atoms with Crippen LogP contribution in [0.5, 0.6) is 5.75 Å². The highest BCUT2D eigenvalue weighted by molar-refractivity contribution is 5.84. The summed E-state index contributed by atoms with van der Waals surface area (Å²) in [5.41, 5.74) is 3.80. The van der Waals surface area contributed by atoms with Gasteiger partial charge in [-0.2, -0.15) is 0 Å². The molecule has 6 heteroatoms. The maximum absolute atomic E-state index is 14.2. The number of fused-ring (bicyclic) bond motifs is 1. The summed E-state index contributed by atoms with van der Waals surface area (Å²) >= 11 is 0. The number of carboxylic acids is 1. The molecule has 4 rings (SSSR count). The van der Waals surface area contributed by atoms with E-state index >= 15 is 0 Å². The highest BCUT2D eigenvalue weighted by Crippen LogP contribution is 2.28. The van der Waals surface area contributed by atoms with Gasteiger partial charge in [-0.05, 0) is 66.3 Å². The third kappa shape index (κ3) is 5.43. The number of aromatic nitrogens is 1. The molecular weight excluding hydrogens is 448 g/mol. The second kappa shape index (κ2) is 10.6. The van der Waals surface area contributed by atoms with Crippen molar-refractivity contribution in [2.75, 3.05) is 0 Å². The summed E-state index contributed by atoms with van der Waals surface area (Å²) in [6, 6.07) is 17.2. The molecule has 180 valence electrons. The molecule has 0 aliphatic rings. The number of nitrogens with zero attached hydrogens (tertiary/aromatic N) is 1. The van der Waals surface area contributed by atoms with Gasteiger partial charge in [0.1, 0.15) is 24.0 Å². The summed E-state index contributed by atoms with van der Waals surface area (Å²) in [6.07, 6.45) is 5.60. The lowest BCUT2D eigenvalue weighted by atomic mass is 9.95. The van der Waals surface area contributed by atoms with Gasteiger partial charge in [0.2, 0.25) is 0 Å². The molecule has 1 heterocycles. The first kappa shape index (κ1) is 24.2. The van der Waals surface area contributed by atoms with Crippen molar-refractivity contribution in [1.82, 2.24) is 4.57 Å². The van der Waals surface area contributed by atoms with Crippen molar-refractivity contribution < 1.29 is 23.4 Å². The summed E-state index contributed by atoms with van der Waals surface area (Å²) in [7, 11) is 0. The normalized spacial score (nSPS) is 12.3. The SMILES string of the molecule is CC=C[C@H](CC(=O)O)c1ccc(OCc2ccc3ccn(Cc4c(F)cccc4F)c3c2C)cc1. The van der Waals surface area contributed by atoms with Crippen molar-refractivity contribution in [3.05, 3.63) is 113 Å². The number of hydrogen-bond acceptors (Lipinski definition) is 2. The van der Waals surface area contributed by atoms with Crippen molar-refractivity contribution in [3.8, 4) is 5.75 Å². The average Bonchev–Trinajstić information content (AvgIpc) is 3.24. The molecule has 0 unspecified atom stereocenters. The Hall–Kier alpha value is -3.93. The van der Waals surface area contributed by atoms with E-state index in [-0.39, 0.29) is 24.4 Å². The fourth-order valence-electron chi connectivity index (χ4n) is 4.36. The maximum Gasteiger partial charge on any atom is 0.304 e. The zero-order valence-electron chi connectivity index (χ0n) is 19.7. The molecule has 0 spiro atoms. The van der Waals surface area contributed by atoms with E-state index in [1.165, 1.54) is 18.2 Å². The summed E-state index contributed by atoms with van der Waals surface area (Å²) in [5, 5.41) is 10.1. The molecule has 0 saturated heterocycles. The lowest BCUT2D eigenvalue weighted by Gasteiger charge is -2.14. The molecule has 1 N–H and O–H groups in total. The second-order valence-electron chi connectivity index (χ2n) is 8.52. The van der Waals surface area contributed by atoms with Gasteiger partial charge in [0, 0.05) is 17.7 Å². The minimum Gasteiger partial charge on any atom is -0.489 e. The highest BCUT2D eigenvalue weighted by atomic mass is 19.1. The van der Waals surface area contributed by atoms with Crippen molar-refractivity contribution in [1.29, 1.82) is 0 Å². The van der Waals surface area contributed by atoms with Crippen molar-refractivity contribution >= 4 is 16.9 Å². The molecule has 0 fully saturated rings. The van der Waals surface area contributed by atoms with E-state index in [0.29, 0.717) is 12.4 Å². The van der Waals surface area contributed by atoms with Crippen LogP contribution in [-0.2, 0) is 17.9 Å². The van der Waals surface area contributed by atoms with Gasteiger partial charge in [-0.1, -0.05) is 42.5 Å². The lowest BCUT2D eigenvalue weighted by Crippen LogP contribution is -2.06. The molecule has 0 aliphatic heterocycles. The Kier molecular flexibility index (Phi) is 7.30. The topological polar surface area (TPSA) is 51.5 Å². The van der Waals surface area contributed by atoms with E-state index in [1.54, 1.807) is 0 Å². The van der Waals surface area contributed by atoms with Gasteiger partial charge >= 0.3 is 5.97 Å². The third-order valence-corrected chi connectivity index (χ3v) is 6.21. The van der Waals surface area contributed by atoms with Crippen molar-refractivity contribution in [2.45, 2.75) is 39.3 Å². The smallest absolute Gasteiger partial charge is 0.304 e. The minimum atomic E-state index is -0.846. The van der Waals surface area contributed by atoms with Gasteiger partial charge in [0.05, 0.1) is 18.5 Å². The van der Waals surface area contributed by atoms with E-state index in [0.717, 1.165) is 27.6 Å². The highest BCUT2D eigenvalue weighted by Gasteiger charge is 2.15. The Morgan fingerprint density at radius 2 is 1.77 bits per heavy atom. The van der Waals surface area contributed by atoms with Crippen LogP contribution in [0.3, 0.4) is 0 Å². The summed E-state index contributed by atoms with van der Waals surface area (Å²) < 4.78 is 36.3. The minimum absolute atomic E-state index is 0.0280. The van der Waals surface area contributed by atoms with Gasteiger partial charge in [-0.25, -0.2) is 8.78 Å². The fraction of sp³-hybridized carbons (Fsp3) is 0.207. The molecule has 0 radical (unpaired) electrons. The third-order valence-electron chi connectivity index (χ3n) is 6.21. The molecule has 0 amide bonds. The maximum atomic E-state index is 14.2. The van der Waals surface area contributed by atoms with E-state index < -0.39 is 17.6 Å². The predicted octanol–water partition coefficient (Wildman–Crippen LogP) is 6.99. The molecule has 3 aromatic carbocycles.